The quantitative estimate of drug-likeness (QED) is 0.471. The number of amides is 2. The second-order valence-corrected chi connectivity index (χ2v) is 7.95. The van der Waals surface area contributed by atoms with E-state index in [4.69, 9.17) is 11.6 Å². The lowest BCUT2D eigenvalue weighted by molar-refractivity contribution is 0.102. The number of phenols is 1. The van der Waals surface area contributed by atoms with Crippen molar-refractivity contribution in [2.45, 2.75) is 32.1 Å². The second kappa shape index (κ2) is 8.81. The van der Waals surface area contributed by atoms with Crippen molar-refractivity contribution in [2.24, 2.45) is 0 Å². The molecule has 1 aromatic heterocycles. The fourth-order valence-electron chi connectivity index (χ4n) is 3.33. The van der Waals surface area contributed by atoms with E-state index >= 15 is 0 Å². The van der Waals surface area contributed by atoms with Gasteiger partial charge in [-0.15, -0.1) is 0 Å². The molecule has 2 amide bonds. The minimum Gasteiger partial charge on any atom is -0.507 e. The average Bonchev–Trinajstić information content (AvgIpc) is 3.52. The van der Waals surface area contributed by atoms with Gasteiger partial charge in [0, 0.05) is 23.7 Å². The Hall–Kier alpha value is -3.32. The van der Waals surface area contributed by atoms with Crippen LogP contribution in [-0.2, 0) is 0 Å². The third-order valence-electron chi connectivity index (χ3n) is 5.10. The lowest BCUT2D eigenvalue weighted by atomic mass is 10.1. The van der Waals surface area contributed by atoms with Gasteiger partial charge in [0.15, 0.2) is 0 Å². The predicted molar refractivity (Wildman–Crippen MR) is 120 cm³/mol. The lowest BCUT2D eigenvalue weighted by Crippen LogP contribution is -2.31. The van der Waals surface area contributed by atoms with Crippen LogP contribution in [0.3, 0.4) is 0 Å². The number of hydrogen-bond acceptors (Lipinski definition) is 4. The average molecular weight is 439 g/mol. The summed E-state index contributed by atoms with van der Waals surface area (Å²) < 4.78 is 1.39. The molecule has 0 atom stereocenters. The molecule has 160 valence electrons. The molecule has 0 spiro atoms. The van der Waals surface area contributed by atoms with E-state index in [1.807, 2.05) is 13.0 Å². The van der Waals surface area contributed by atoms with Crippen LogP contribution in [-0.4, -0.2) is 33.4 Å². The van der Waals surface area contributed by atoms with Gasteiger partial charge in [-0.25, -0.2) is 4.79 Å². The van der Waals surface area contributed by atoms with Crippen LogP contribution < -0.4 is 10.6 Å². The van der Waals surface area contributed by atoms with Gasteiger partial charge in [-0.2, -0.15) is 9.78 Å². The van der Waals surface area contributed by atoms with E-state index in [1.54, 1.807) is 36.4 Å². The number of benzene rings is 2. The van der Waals surface area contributed by atoms with E-state index in [2.05, 4.69) is 15.7 Å². The van der Waals surface area contributed by atoms with Crippen LogP contribution in [0.15, 0.2) is 48.5 Å². The first-order valence-electron chi connectivity index (χ1n) is 10.3. The highest BCUT2D eigenvalue weighted by molar-refractivity contribution is 6.34. The van der Waals surface area contributed by atoms with Gasteiger partial charge in [0.25, 0.3) is 5.91 Å². The maximum atomic E-state index is 12.6. The fraction of sp³-hybridized carbons (Fsp3) is 0.261. The molecule has 0 bridgehead atoms. The van der Waals surface area contributed by atoms with Crippen LogP contribution in [0.2, 0.25) is 5.02 Å². The highest BCUT2D eigenvalue weighted by atomic mass is 35.5. The van der Waals surface area contributed by atoms with Gasteiger partial charge >= 0.3 is 6.03 Å². The molecule has 0 saturated heterocycles. The summed E-state index contributed by atoms with van der Waals surface area (Å²) in [4.78, 5) is 25.1. The first kappa shape index (κ1) is 20.9. The van der Waals surface area contributed by atoms with Crippen molar-refractivity contribution in [2.75, 3.05) is 11.9 Å². The summed E-state index contributed by atoms with van der Waals surface area (Å²) >= 11 is 6.11. The van der Waals surface area contributed by atoms with Crippen molar-refractivity contribution in [3.8, 4) is 17.0 Å². The van der Waals surface area contributed by atoms with Crippen molar-refractivity contribution in [1.82, 2.24) is 15.1 Å². The molecule has 3 N–H and O–H groups in total. The molecular formula is C23H23ClN4O3. The summed E-state index contributed by atoms with van der Waals surface area (Å²) in [5.41, 5.74) is 2.57. The summed E-state index contributed by atoms with van der Waals surface area (Å²) in [6.07, 6.45) is 2.84. The second-order valence-electron chi connectivity index (χ2n) is 7.54. The Balaban J connectivity index is 1.63. The van der Waals surface area contributed by atoms with Crippen molar-refractivity contribution >= 4 is 29.2 Å². The molecule has 2 aromatic carbocycles. The number of halogens is 1. The fourth-order valence-corrected chi connectivity index (χ4v) is 3.55. The van der Waals surface area contributed by atoms with Gasteiger partial charge in [0.1, 0.15) is 5.75 Å². The van der Waals surface area contributed by atoms with Crippen LogP contribution in [0.4, 0.5) is 10.5 Å². The highest BCUT2D eigenvalue weighted by Crippen LogP contribution is 2.42. The number of phenolic OH excluding ortho intramolecular Hbond substituents is 1. The molecule has 4 rings (SSSR count). The van der Waals surface area contributed by atoms with Crippen LogP contribution in [0.25, 0.3) is 11.3 Å². The number of nitrogens with one attached hydrogen (secondary N) is 2. The van der Waals surface area contributed by atoms with Gasteiger partial charge in [0.2, 0.25) is 0 Å². The Labute approximate surface area is 185 Å². The van der Waals surface area contributed by atoms with Crippen LogP contribution in [0, 0.1) is 0 Å². The summed E-state index contributed by atoms with van der Waals surface area (Å²) in [5, 5.41) is 20.9. The smallest absolute Gasteiger partial charge is 0.342 e. The van der Waals surface area contributed by atoms with Gasteiger partial charge in [-0.3, -0.25) is 4.79 Å². The van der Waals surface area contributed by atoms with Crippen molar-refractivity contribution in [1.29, 1.82) is 0 Å². The summed E-state index contributed by atoms with van der Waals surface area (Å²) in [6, 6.07) is 13.0. The van der Waals surface area contributed by atoms with Crippen molar-refractivity contribution in [3.05, 3.63) is 64.8 Å². The molecule has 1 aliphatic carbocycles. The SMILES string of the molecule is CCCNC(=O)n1nc(-c2cc(NC(=O)c3ccccc3Cl)ccc2O)cc1C1CC1. The van der Waals surface area contributed by atoms with Crippen LogP contribution in [0.5, 0.6) is 5.75 Å². The number of carbonyl (C=O) groups excluding carboxylic acids is 2. The standard InChI is InChI=1S/C23H23ClN4O3/c1-2-11-25-23(31)28-20(14-7-8-14)13-19(27-28)17-12-15(9-10-21(17)29)26-22(30)16-5-3-4-6-18(16)24/h3-6,9-10,12-14,29H,2,7-8,11H2,1H3,(H,25,31)(H,26,30). The number of carbonyl (C=O) groups is 2. The van der Waals surface area contributed by atoms with E-state index in [9.17, 15) is 14.7 Å². The molecule has 1 fully saturated rings. The van der Waals surface area contributed by atoms with Gasteiger partial charge in [-0.1, -0.05) is 30.7 Å². The maximum Gasteiger partial charge on any atom is 0.342 e. The normalized spacial score (nSPS) is 13.1. The van der Waals surface area contributed by atoms with Crippen LogP contribution >= 0.6 is 11.6 Å². The largest absolute Gasteiger partial charge is 0.507 e. The van der Waals surface area contributed by atoms with E-state index in [-0.39, 0.29) is 17.7 Å². The molecule has 31 heavy (non-hydrogen) atoms. The zero-order valence-corrected chi connectivity index (χ0v) is 17.8. The molecule has 1 heterocycles. The Morgan fingerprint density at radius 3 is 2.68 bits per heavy atom. The highest BCUT2D eigenvalue weighted by Gasteiger charge is 2.30. The first-order chi connectivity index (χ1) is 15.0. The third kappa shape index (κ3) is 4.56. The number of nitrogens with zero attached hydrogens (tertiary/aromatic N) is 2. The topological polar surface area (TPSA) is 96.3 Å². The van der Waals surface area contributed by atoms with E-state index < -0.39 is 0 Å². The number of hydrogen-bond donors (Lipinski definition) is 3. The minimum absolute atomic E-state index is 0.0108. The molecular weight excluding hydrogens is 416 g/mol. The van der Waals surface area contributed by atoms with Gasteiger partial charge < -0.3 is 15.7 Å². The number of rotatable bonds is 6. The zero-order chi connectivity index (χ0) is 22.0. The molecule has 3 aromatic rings. The molecule has 0 unspecified atom stereocenters. The molecule has 0 aliphatic heterocycles. The van der Waals surface area contributed by atoms with E-state index in [0.29, 0.717) is 40.0 Å². The molecule has 7 nitrogen and oxygen atoms in total. The maximum absolute atomic E-state index is 12.6. The summed E-state index contributed by atoms with van der Waals surface area (Å²) in [7, 11) is 0. The zero-order valence-electron chi connectivity index (χ0n) is 17.1. The lowest BCUT2D eigenvalue weighted by Gasteiger charge is -2.09. The Bertz CT molecular complexity index is 1140. The van der Waals surface area contributed by atoms with Crippen molar-refractivity contribution in [3.63, 3.8) is 0 Å². The van der Waals surface area contributed by atoms with Gasteiger partial charge in [-0.05, 0) is 55.7 Å². The van der Waals surface area contributed by atoms with Gasteiger partial charge in [0.05, 0.1) is 22.0 Å². The molecule has 0 radical (unpaired) electrons. The number of aromatic nitrogens is 2. The first-order valence-corrected chi connectivity index (χ1v) is 10.6. The van der Waals surface area contributed by atoms with E-state index in [1.165, 1.54) is 10.7 Å². The molecule has 8 heteroatoms. The molecule has 1 aliphatic rings. The third-order valence-corrected chi connectivity index (χ3v) is 5.43. The predicted octanol–water partition coefficient (Wildman–Crippen LogP) is 5.01. The minimum atomic E-state index is -0.356. The Kier molecular flexibility index (Phi) is 5.95. The number of anilines is 1. The Morgan fingerprint density at radius 1 is 1.19 bits per heavy atom. The Morgan fingerprint density at radius 2 is 1.97 bits per heavy atom. The van der Waals surface area contributed by atoms with Crippen LogP contribution in [0.1, 0.15) is 48.2 Å². The summed E-state index contributed by atoms with van der Waals surface area (Å²) in [6.45, 7) is 2.55. The monoisotopic (exact) mass is 438 g/mol. The van der Waals surface area contributed by atoms with Crippen molar-refractivity contribution < 1.29 is 14.7 Å². The number of aromatic hydroxyl groups is 1. The summed E-state index contributed by atoms with van der Waals surface area (Å²) in [5.74, 6) is -0.0547. The van der Waals surface area contributed by atoms with E-state index in [0.717, 1.165) is 25.0 Å². The molecule has 1 saturated carbocycles.